The monoisotopic (exact) mass is 291 g/mol. The average molecular weight is 292 g/mol. The maximum Gasteiger partial charge on any atom is 0.0406 e. The van der Waals surface area contributed by atoms with Crippen LogP contribution in [-0.4, -0.2) is 6.54 Å². The van der Waals surface area contributed by atoms with Crippen LogP contribution in [0.25, 0.3) is 11.1 Å². The van der Waals surface area contributed by atoms with Crippen LogP contribution < -0.4 is 4.84 Å². The van der Waals surface area contributed by atoms with E-state index >= 15 is 0 Å². The van der Waals surface area contributed by atoms with Crippen LogP contribution in [0.4, 0.5) is 0 Å². The van der Waals surface area contributed by atoms with Crippen molar-refractivity contribution in [3.8, 4) is 11.1 Å². The Morgan fingerprint density at radius 2 is 1.53 bits per heavy atom. The molecule has 1 fully saturated rings. The van der Waals surface area contributed by atoms with Crippen molar-refractivity contribution in [3.63, 3.8) is 0 Å². The van der Waals surface area contributed by atoms with Crippen LogP contribution in [-0.2, 0) is 0 Å². The van der Waals surface area contributed by atoms with Crippen LogP contribution in [0.15, 0.2) is 48.5 Å². The minimum Gasteiger partial charge on any atom is -0.233 e. The van der Waals surface area contributed by atoms with Gasteiger partial charge in [-0.05, 0) is 58.9 Å². The van der Waals surface area contributed by atoms with Crippen LogP contribution in [0, 0.1) is 5.92 Å². The van der Waals surface area contributed by atoms with E-state index in [-0.39, 0.29) is 0 Å². The van der Waals surface area contributed by atoms with Crippen molar-refractivity contribution < 1.29 is 0 Å². The zero-order valence-electron chi connectivity index (χ0n) is 10.4. The summed E-state index contributed by atoms with van der Waals surface area (Å²) < 4.78 is 0. The van der Waals surface area contributed by atoms with Gasteiger partial charge in [0.2, 0.25) is 0 Å². The number of nitrogens with one attached hydrogen (secondary N) is 1. The Hall–Kier alpha value is -1.02. The molecule has 1 N–H and O–H groups in total. The average Bonchev–Trinajstić information content (AvgIpc) is 3.20. The topological polar surface area (TPSA) is 12.0 Å². The summed E-state index contributed by atoms with van der Waals surface area (Å²) in [5.41, 5.74) is 3.84. The van der Waals surface area contributed by atoms with E-state index in [1.165, 1.54) is 23.1 Å². The Kier molecular flexibility index (Phi) is 3.79. The fraction of sp³-hybridized carbons (Fsp3) is 0.250. The lowest BCUT2D eigenvalue weighted by molar-refractivity contribution is 0.766. The molecule has 0 spiro atoms. The van der Waals surface area contributed by atoms with Crippen LogP contribution >= 0.6 is 23.4 Å². The zero-order chi connectivity index (χ0) is 13.2. The predicted octanol–water partition coefficient (Wildman–Crippen LogP) is 4.85. The first-order valence-corrected chi connectivity index (χ1v) is 7.23. The maximum atomic E-state index is 5.90. The minimum absolute atomic E-state index is 0.672. The number of halogens is 2. The smallest absolute Gasteiger partial charge is 0.0406 e. The second kappa shape index (κ2) is 5.54. The number of hydrogen-bond acceptors (Lipinski definition) is 1. The second-order valence-electron chi connectivity index (χ2n) is 5.07. The molecule has 0 heterocycles. The number of hydrogen-bond donors (Lipinski definition) is 1. The molecule has 0 saturated heterocycles. The molecule has 0 bridgehead atoms. The molecule has 1 aliphatic rings. The molecule has 19 heavy (non-hydrogen) atoms. The fourth-order valence-electron chi connectivity index (χ4n) is 2.55. The molecular weight excluding hydrogens is 277 g/mol. The quantitative estimate of drug-likeness (QED) is 0.794. The first-order chi connectivity index (χ1) is 9.28. The van der Waals surface area contributed by atoms with Gasteiger partial charge < -0.3 is 0 Å². The summed E-state index contributed by atoms with van der Waals surface area (Å²) in [6.07, 6.45) is 1.24. The largest absolute Gasteiger partial charge is 0.233 e. The van der Waals surface area contributed by atoms with Crippen molar-refractivity contribution in [2.45, 2.75) is 12.3 Å². The third-order valence-electron chi connectivity index (χ3n) is 3.78. The van der Waals surface area contributed by atoms with Crippen LogP contribution in [0.1, 0.15) is 17.9 Å². The van der Waals surface area contributed by atoms with Gasteiger partial charge in [-0.15, -0.1) is 0 Å². The van der Waals surface area contributed by atoms with Gasteiger partial charge in [-0.25, -0.2) is 4.84 Å². The van der Waals surface area contributed by atoms with Crippen molar-refractivity contribution in [2.24, 2.45) is 5.92 Å². The summed E-state index contributed by atoms with van der Waals surface area (Å²) in [5.74, 6) is 1.37. The molecular formula is C16H15Cl2N. The molecule has 3 rings (SSSR count). The van der Waals surface area contributed by atoms with Crippen molar-refractivity contribution in [1.82, 2.24) is 4.84 Å². The van der Waals surface area contributed by atoms with Gasteiger partial charge in [0.05, 0.1) is 0 Å². The molecule has 1 saturated carbocycles. The highest BCUT2D eigenvalue weighted by Gasteiger charge is 2.37. The van der Waals surface area contributed by atoms with Crippen molar-refractivity contribution in [2.75, 3.05) is 6.54 Å². The molecule has 0 radical (unpaired) electrons. The van der Waals surface area contributed by atoms with E-state index in [4.69, 9.17) is 23.4 Å². The predicted molar refractivity (Wildman–Crippen MR) is 81.6 cm³/mol. The minimum atomic E-state index is 0.672. The van der Waals surface area contributed by atoms with E-state index in [9.17, 15) is 0 Å². The van der Waals surface area contributed by atoms with Crippen LogP contribution in [0.3, 0.4) is 0 Å². The summed E-state index contributed by atoms with van der Waals surface area (Å²) >= 11 is 11.4. The highest BCUT2D eigenvalue weighted by atomic mass is 35.5. The number of benzene rings is 2. The molecule has 2 aromatic carbocycles. The Bertz CT molecular complexity index is 548. The Balaban J connectivity index is 1.74. The Morgan fingerprint density at radius 1 is 0.947 bits per heavy atom. The van der Waals surface area contributed by atoms with Gasteiger partial charge in [0.1, 0.15) is 0 Å². The lowest BCUT2D eigenvalue weighted by atomic mass is 10.0. The molecule has 2 aromatic rings. The molecule has 98 valence electrons. The molecule has 2 unspecified atom stereocenters. The molecule has 0 aliphatic heterocycles. The molecule has 2 atom stereocenters. The van der Waals surface area contributed by atoms with Gasteiger partial charge in [0, 0.05) is 11.6 Å². The lowest BCUT2D eigenvalue weighted by Crippen LogP contribution is -2.03. The fourth-order valence-corrected chi connectivity index (χ4v) is 2.87. The van der Waals surface area contributed by atoms with Gasteiger partial charge in [0.15, 0.2) is 0 Å². The van der Waals surface area contributed by atoms with Crippen LogP contribution in [0.2, 0.25) is 5.02 Å². The standard InChI is InChI=1S/C16H15Cl2N/c17-15-7-5-12(6-8-15)11-1-3-13(4-2-11)16-9-14(16)10-19-18/h1-8,14,16,19H,9-10H2. The Morgan fingerprint density at radius 3 is 2.11 bits per heavy atom. The first-order valence-electron chi connectivity index (χ1n) is 6.47. The summed E-state index contributed by atoms with van der Waals surface area (Å²) in [6.45, 7) is 0.894. The highest BCUT2D eigenvalue weighted by Crippen LogP contribution is 2.47. The third kappa shape index (κ3) is 2.94. The van der Waals surface area contributed by atoms with E-state index in [2.05, 4.69) is 41.2 Å². The third-order valence-corrected chi connectivity index (χ3v) is 4.18. The van der Waals surface area contributed by atoms with Crippen molar-refractivity contribution in [3.05, 3.63) is 59.1 Å². The van der Waals surface area contributed by atoms with Gasteiger partial charge in [0.25, 0.3) is 0 Å². The summed E-state index contributed by atoms with van der Waals surface area (Å²) in [6, 6.07) is 16.8. The SMILES string of the molecule is ClNCC1CC1c1ccc(-c2ccc(Cl)cc2)cc1. The van der Waals surface area contributed by atoms with E-state index < -0.39 is 0 Å². The van der Waals surface area contributed by atoms with E-state index in [1.807, 2.05) is 12.1 Å². The molecule has 1 aliphatic carbocycles. The molecule has 0 aromatic heterocycles. The van der Waals surface area contributed by atoms with Gasteiger partial charge in [-0.2, -0.15) is 0 Å². The maximum absolute atomic E-state index is 5.90. The molecule has 3 heteroatoms. The van der Waals surface area contributed by atoms with Crippen LogP contribution in [0.5, 0.6) is 0 Å². The highest BCUT2D eigenvalue weighted by molar-refractivity contribution is 6.30. The van der Waals surface area contributed by atoms with E-state index in [1.54, 1.807) is 0 Å². The van der Waals surface area contributed by atoms with Crippen molar-refractivity contribution in [1.29, 1.82) is 0 Å². The summed E-state index contributed by atoms with van der Waals surface area (Å²) in [4.78, 5) is 2.73. The van der Waals surface area contributed by atoms with E-state index in [0.717, 1.165) is 11.6 Å². The van der Waals surface area contributed by atoms with Gasteiger partial charge >= 0.3 is 0 Å². The summed E-state index contributed by atoms with van der Waals surface area (Å²) in [7, 11) is 0. The first kappa shape index (κ1) is 13.0. The number of rotatable bonds is 4. The van der Waals surface area contributed by atoms with Gasteiger partial charge in [-0.3, -0.25) is 0 Å². The normalized spacial score (nSPS) is 21.4. The molecule has 0 amide bonds. The summed E-state index contributed by atoms with van der Waals surface area (Å²) in [5, 5.41) is 0.773. The van der Waals surface area contributed by atoms with E-state index in [0.29, 0.717) is 11.8 Å². The Labute approximate surface area is 123 Å². The second-order valence-corrected chi connectivity index (χ2v) is 5.77. The lowest BCUT2D eigenvalue weighted by Gasteiger charge is -2.04. The molecule has 1 nitrogen and oxygen atoms in total. The zero-order valence-corrected chi connectivity index (χ0v) is 12.0. The van der Waals surface area contributed by atoms with Gasteiger partial charge in [-0.1, -0.05) is 48.0 Å². The van der Waals surface area contributed by atoms with Crippen molar-refractivity contribution >= 4 is 23.4 Å².